The SMILES string of the molecule is [CH2]COc1ccc(C(=O)Cl)cc1. The van der Waals surface area contributed by atoms with E-state index in [-0.39, 0.29) is 0 Å². The first kappa shape index (κ1) is 9.07. The van der Waals surface area contributed by atoms with Crippen molar-refractivity contribution in [2.75, 3.05) is 6.61 Å². The maximum atomic E-state index is 10.6. The van der Waals surface area contributed by atoms with E-state index in [0.29, 0.717) is 17.9 Å². The van der Waals surface area contributed by atoms with Gasteiger partial charge in [-0.05, 0) is 42.8 Å². The first-order valence-corrected chi connectivity index (χ1v) is 3.84. The lowest BCUT2D eigenvalue weighted by Crippen LogP contribution is -1.93. The second-order valence-corrected chi connectivity index (χ2v) is 2.49. The first-order chi connectivity index (χ1) is 5.74. The van der Waals surface area contributed by atoms with Crippen molar-refractivity contribution in [1.82, 2.24) is 0 Å². The summed E-state index contributed by atoms with van der Waals surface area (Å²) in [5.41, 5.74) is 0.466. The molecule has 0 fully saturated rings. The van der Waals surface area contributed by atoms with Gasteiger partial charge in [0.1, 0.15) is 5.75 Å². The summed E-state index contributed by atoms with van der Waals surface area (Å²) >= 11 is 5.24. The van der Waals surface area contributed by atoms with Gasteiger partial charge in [-0.1, -0.05) is 0 Å². The molecule has 0 unspecified atom stereocenters. The fourth-order valence-electron chi connectivity index (χ4n) is 0.800. The Bertz CT molecular complexity index is 266. The van der Waals surface area contributed by atoms with Gasteiger partial charge in [0, 0.05) is 5.56 Å². The average molecular weight is 184 g/mol. The molecule has 0 saturated carbocycles. The highest BCUT2D eigenvalue weighted by atomic mass is 35.5. The van der Waals surface area contributed by atoms with Crippen molar-refractivity contribution in [1.29, 1.82) is 0 Å². The maximum absolute atomic E-state index is 10.6. The summed E-state index contributed by atoms with van der Waals surface area (Å²) < 4.78 is 5.08. The van der Waals surface area contributed by atoms with Gasteiger partial charge in [0.05, 0.1) is 6.61 Å². The van der Waals surface area contributed by atoms with Crippen LogP contribution in [0.4, 0.5) is 0 Å². The predicted molar refractivity (Wildman–Crippen MR) is 47.5 cm³/mol. The molecule has 12 heavy (non-hydrogen) atoms. The van der Waals surface area contributed by atoms with Crippen molar-refractivity contribution in [3.05, 3.63) is 36.8 Å². The second kappa shape index (κ2) is 4.12. The van der Waals surface area contributed by atoms with Gasteiger partial charge in [0.25, 0.3) is 5.24 Å². The number of rotatable bonds is 3. The van der Waals surface area contributed by atoms with Gasteiger partial charge in [-0.25, -0.2) is 0 Å². The third-order valence-electron chi connectivity index (χ3n) is 1.35. The van der Waals surface area contributed by atoms with Crippen molar-refractivity contribution in [3.8, 4) is 5.75 Å². The van der Waals surface area contributed by atoms with E-state index < -0.39 is 5.24 Å². The van der Waals surface area contributed by atoms with Crippen molar-refractivity contribution in [3.63, 3.8) is 0 Å². The minimum atomic E-state index is -0.462. The Morgan fingerprint density at radius 1 is 1.42 bits per heavy atom. The van der Waals surface area contributed by atoms with Crippen LogP contribution < -0.4 is 4.74 Å². The number of hydrogen-bond donors (Lipinski definition) is 0. The number of halogens is 1. The van der Waals surface area contributed by atoms with E-state index in [1.165, 1.54) is 0 Å². The Kier molecular flexibility index (Phi) is 3.11. The van der Waals surface area contributed by atoms with Crippen LogP contribution in [0.2, 0.25) is 0 Å². The third-order valence-corrected chi connectivity index (χ3v) is 1.57. The normalized spacial score (nSPS) is 9.50. The first-order valence-electron chi connectivity index (χ1n) is 3.46. The van der Waals surface area contributed by atoms with E-state index in [0.717, 1.165) is 0 Å². The molecule has 0 aliphatic carbocycles. The highest BCUT2D eigenvalue weighted by Gasteiger charge is 2.00. The number of carbonyl (C=O) groups excluding carboxylic acids is 1. The Labute approximate surface area is 76.1 Å². The standard InChI is InChI=1S/C9H8ClO2/c1-2-12-8-5-3-7(4-6-8)9(10)11/h3-6H,1-2H2. The minimum Gasteiger partial charge on any atom is -0.494 e. The van der Waals surface area contributed by atoms with Crippen molar-refractivity contribution >= 4 is 16.8 Å². The molecule has 0 atom stereocenters. The van der Waals surface area contributed by atoms with Crippen LogP contribution in [0.1, 0.15) is 10.4 Å². The zero-order chi connectivity index (χ0) is 8.97. The fraction of sp³-hybridized carbons (Fsp3) is 0.111. The van der Waals surface area contributed by atoms with E-state index >= 15 is 0 Å². The molecule has 63 valence electrons. The van der Waals surface area contributed by atoms with E-state index in [9.17, 15) is 4.79 Å². The molecule has 2 nitrogen and oxygen atoms in total. The van der Waals surface area contributed by atoms with Gasteiger partial charge in [0.15, 0.2) is 0 Å². The molecular formula is C9H8ClO2. The smallest absolute Gasteiger partial charge is 0.252 e. The molecule has 1 radical (unpaired) electrons. The van der Waals surface area contributed by atoms with Crippen molar-refractivity contribution < 1.29 is 9.53 Å². The lowest BCUT2D eigenvalue weighted by molar-refractivity contribution is 0.108. The molecule has 0 saturated heterocycles. The van der Waals surface area contributed by atoms with E-state index in [2.05, 4.69) is 6.92 Å². The number of hydrogen-bond acceptors (Lipinski definition) is 2. The van der Waals surface area contributed by atoms with Gasteiger partial charge in [-0.2, -0.15) is 0 Å². The highest BCUT2D eigenvalue weighted by molar-refractivity contribution is 6.67. The lowest BCUT2D eigenvalue weighted by atomic mass is 10.2. The average Bonchev–Trinajstić information content (AvgIpc) is 2.06. The predicted octanol–water partition coefficient (Wildman–Crippen LogP) is 2.28. The summed E-state index contributed by atoms with van der Waals surface area (Å²) in [6, 6.07) is 6.59. The third kappa shape index (κ3) is 2.24. The number of ether oxygens (including phenoxy) is 1. The van der Waals surface area contributed by atoms with Crippen LogP contribution in [0.25, 0.3) is 0 Å². The molecule has 0 spiro atoms. The monoisotopic (exact) mass is 183 g/mol. The largest absolute Gasteiger partial charge is 0.494 e. The highest BCUT2D eigenvalue weighted by Crippen LogP contribution is 2.13. The Morgan fingerprint density at radius 3 is 2.42 bits per heavy atom. The van der Waals surface area contributed by atoms with E-state index in [4.69, 9.17) is 16.3 Å². The van der Waals surface area contributed by atoms with Crippen molar-refractivity contribution in [2.45, 2.75) is 0 Å². The van der Waals surface area contributed by atoms with Gasteiger partial charge >= 0.3 is 0 Å². The van der Waals surface area contributed by atoms with Gasteiger partial charge in [-0.3, -0.25) is 4.79 Å². The zero-order valence-electron chi connectivity index (χ0n) is 6.42. The molecule has 0 aliphatic heterocycles. The van der Waals surface area contributed by atoms with Crippen LogP contribution in [-0.2, 0) is 0 Å². The molecule has 1 aromatic carbocycles. The summed E-state index contributed by atoms with van der Waals surface area (Å²) in [5.74, 6) is 0.687. The van der Waals surface area contributed by atoms with Crippen molar-refractivity contribution in [2.24, 2.45) is 0 Å². The molecule has 0 heterocycles. The van der Waals surface area contributed by atoms with Gasteiger partial charge in [0.2, 0.25) is 0 Å². The molecule has 1 aromatic rings. The number of benzene rings is 1. The topological polar surface area (TPSA) is 26.3 Å². The summed E-state index contributed by atoms with van der Waals surface area (Å²) in [6.45, 7) is 3.89. The van der Waals surface area contributed by atoms with Crippen LogP contribution in [0.15, 0.2) is 24.3 Å². The van der Waals surface area contributed by atoms with Crippen LogP contribution >= 0.6 is 11.6 Å². The van der Waals surface area contributed by atoms with E-state index in [1.54, 1.807) is 24.3 Å². The second-order valence-electron chi connectivity index (χ2n) is 2.15. The van der Waals surface area contributed by atoms with Crippen LogP contribution in [-0.4, -0.2) is 11.8 Å². The lowest BCUT2D eigenvalue weighted by Gasteiger charge is -2.01. The molecule has 1 rings (SSSR count). The fourth-order valence-corrected chi connectivity index (χ4v) is 0.926. The molecule has 0 aromatic heterocycles. The summed E-state index contributed by atoms with van der Waals surface area (Å²) in [7, 11) is 0. The molecule has 0 bridgehead atoms. The zero-order valence-corrected chi connectivity index (χ0v) is 7.17. The molecule has 0 amide bonds. The molecule has 3 heteroatoms. The van der Waals surface area contributed by atoms with E-state index in [1.807, 2.05) is 0 Å². The number of carbonyl (C=O) groups is 1. The van der Waals surface area contributed by atoms with Crippen LogP contribution in [0.5, 0.6) is 5.75 Å². The summed E-state index contributed by atoms with van der Waals surface area (Å²) in [6.07, 6.45) is 0. The molecule has 0 aliphatic rings. The van der Waals surface area contributed by atoms with Gasteiger partial charge < -0.3 is 4.74 Å². The molecule has 0 N–H and O–H groups in total. The quantitative estimate of drug-likeness (QED) is 0.672. The maximum Gasteiger partial charge on any atom is 0.252 e. The Hall–Kier alpha value is -1.02. The van der Waals surface area contributed by atoms with Crippen LogP contribution in [0.3, 0.4) is 0 Å². The summed E-state index contributed by atoms with van der Waals surface area (Å²) in [4.78, 5) is 10.6. The summed E-state index contributed by atoms with van der Waals surface area (Å²) in [5, 5.41) is -0.462. The Morgan fingerprint density at radius 2 is 2.00 bits per heavy atom. The minimum absolute atomic E-state index is 0.369. The van der Waals surface area contributed by atoms with Crippen LogP contribution in [0, 0.1) is 6.92 Å². The van der Waals surface area contributed by atoms with Gasteiger partial charge in [-0.15, -0.1) is 0 Å². The Balaban J connectivity index is 2.78. The molecular weight excluding hydrogens is 176 g/mol.